The zero-order chi connectivity index (χ0) is 38.5. The molecule has 1 aliphatic rings. The van der Waals surface area contributed by atoms with Crippen LogP contribution in [0.3, 0.4) is 0 Å². The molecule has 2 heterocycles. The molecular weight excluding hydrogens is 679 g/mol. The number of carboxylic acids is 1. The number of carbonyl (C=O) groups is 4. The van der Waals surface area contributed by atoms with Gasteiger partial charge in [-0.15, -0.1) is 11.3 Å². The first-order valence-electron chi connectivity index (χ1n) is 18.7. The van der Waals surface area contributed by atoms with Crippen molar-refractivity contribution in [3.63, 3.8) is 0 Å². The lowest BCUT2D eigenvalue weighted by Gasteiger charge is -2.38. The summed E-state index contributed by atoms with van der Waals surface area (Å²) in [5, 5.41) is 18.0. The summed E-state index contributed by atoms with van der Waals surface area (Å²) < 4.78 is 6.36. The number of amides is 3. The zero-order valence-electron chi connectivity index (χ0n) is 32.4. The maximum absolute atomic E-state index is 14.3. The smallest absolute Gasteiger partial charge is 0.306 e. The molecule has 0 spiro atoms. The lowest BCUT2D eigenvalue weighted by molar-refractivity contribution is -0.141. The first kappa shape index (κ1) is 42.8. The highest BCUT2D eigenvalue weighted by atomic mass is 32.1. The normalized spacial score (nSPS) is 18.4. The van der Waals surface area contributed by atoms with E-state index in [0.717, 1.165) is 43.4 Å². The topological polar surface area (TPSA) is 141 Å². The molecule has 1 aliphatic heterocycles. The number of nitrogens with one attached hydrogen (secondary N) is 2. The number of aliphatic carboxylic acids is 1. The van der Waals surface area contributed by atoms with Gasteiger partial charge in [-0.1, -0.05) is 89.9 Å². The number of carboxylic acid groups (broad SMARTS) is 1. The van der Waals surface area contributed by atoms with Gasteiger partial charge in [0, 0.05) is 30.9 Å². The van der Waals surface area contributed by atoms with E-state index in [9.17, 15) is 24.3 Å². The summed E-state index contributed by atoms with van der Waals surface area (Å²) >= 11 is 1.31. The summed E-state index contributed by atoms with van der Waals surface area (Å²) in [6, 6.07) is 8.06. The second-order valence-electron chi connectivity index (χ2n) is 15.0. The first-order chi connectivity index (χ1) is 24.6. The van der Waals surface area contributed by atoms with Gasteiger partial charge in [0.25, 0.3) is 5.91 Å². The molecule has 0 bridgehead atoms. The number of ether oxygens (including phenoxy) is 1. The van der Waals surface area contributed by atoms with Crippen LogP contribution >= 0.6 is 11.3 Å². The van der Waals surface area contributed by atoms with Crippen LogP contribution < -0.4 is 10.6 Å². The number of benzene rings is 1. The van der Waals surface area contributed by atoms with Crippen molar-refractivity contribution in [1.82, 2.24) is 25.4 Å². The number of nitrogens with zero attached hydrogens (tertiary/aromatic N) is 3. The predicted molar refractivity (Wildman–Crippen MR) is 206 cm³/mol. The number of thiazole rings is 1. The van der Waals surface area contributed by atoms with Crippen LogP contribution in [0.1, 0.15) is 107 Å². The molecule has 3 rings (SSSR count). The van der Waals surface area contributed by atoms with Gasteiger partial charge in [-0.25, -0.2) is 4.98 Å². The van der Waals surface area contributed by atoms with Gasteiger partial charge in [0.2, 0.25) is 11.8 Å². The highest BCUT2D eigenvalue weighted by Gasteiger charge is 2.37. The summed E-state index contributed by atoms with van der Waals surface area (Å²) in [6.45, 7) is 16.8. The van der Waals surface area contributed by atoms with Crippen LogP contribution in [0.25, 0.3) is 0 Å². The second kappa shape index (κ2) is 20.6. The van der Waals surface area contributed by atoms with E-state index < -0.39 is 30.1 Å². The van der Waals surface area contributed by atoms with E-state index in [2.05, 4.69) is 36.0 Å². The maximum atomic E-state index is 14.3. The SMILES string of the molecule is C=C(C)CO[C@H](C[C@H](C(C)C)N(C)C(=O)[C@@H](NC(=O)C1CCCCN1C)[C@@H](C)CC)c1nc(C(=O)NC(Cc2ccccc2)CC(C)C(=O)O)cs1. The molecule has 0 radical (unpaired) electrons. The van der Waals surface area contributed by atoms with Gasteiger partial charge in [-0.2, -0.15) is 0 Å². The Kier molecular flexibility index (Phi) is 16.9. The Balaban J connectivity index is 1.83. The first-order valence-corrected chi connectivity index (χ1v) is 19.6. The number of likely N-dealkylation sites (tertiary alicyclic amines) is 1. The fraction of sp³-hybridized carbons (Fsp3) is 0.625. The third-order valence-corrected chi connectivity index (χ3v) is 11.1. The quantitative estimate of drug-likeness (QED) is 0.138. The number of aromatic nitrogens is 1. The van der Waals surface area contributed by atoms with Crippen molar-refractivity contribution in [2.45, 2.75) is 117 Å². The predicted octanol–water partition coefficient (Wildman–Crippen LogP) is 6.12. The Hall–Kier alpha value is -3.61. The Morgan fingerprint density at radius 1 is 1.10 bits per heavy atom. The van der Waals surface area contributed by atoms with Crippen molar-refractivity contribution in [3.8, 4) is 0 Å². The van der Waals surface area contributed by atoms with Crippen LogP contribution in [-0.2, 0) is 25.5 Å². The van der Waals surface area contributed by atoms with Crippen LogP contribution in [0.4, 0.5) is 0 Å². The molecule has 11 nitrogen and oxygen atoms in total. The summed E-state index contributed by atoms with van der Waals surface area (Å²) in [6.07, 6.45) is 4.19. The molecule has 1 aromatic carbocycles. The van der Waals surface area contributed by atoms with Crippen molar-refractivity contribution < 1.29 is 29.0 Å². The number of piperidine rings is 1. The lowest BCUT2D eigenvalue weighted by atomic mass is 9.92. The molecule has 1 saturated heterocycles. The average molecular weight is 740 g/mol. The molecule has 0 saturated carbocycles. The van der Waals surface area contributed by atoms with Gasteiger partial charge in [0.1, 0.15) is 22.8 Å². The molecule has 0 aliphatic carbocycles. The third kappa shape index (κ3) is 12.5. The summed E-state index contributed by atoms with van der Waals surface area (Å²) in [5.41, 5.74) is 2.05. The van der Waals surface area contributed by atoms with Gasteiger partial charge in [-0.3, -0.25) is 24.1 Å². The van der Waals surface area contributed by atoms with E-state index >= 15 is 0 Å². The number of likely N-dealkylation sites (N-methyl/N-ethyl adjacent to an activating group) is 2. The number of rotatable bonds is 20. The van der Waals surface area contributed by atoms with Crippen molar-refractivity contribution in [3.05, 3.63) is 64.1 Å². The highest BCUT2D eigenvalue weighted by Crippen LogP contribution is 2.31. The summed E-state index contributed by atoms with van der Waals surface area (Å²) in [5.74, 6) is -2.22. The van der Waals surface area contributed by atoms with E-state index in [1.165, 1.54) is 11.3 Å². The van der Waals surface area contributed by atoms with E-state index in [-0.39, 0.29) is 60.4 Å². The van der Waals surface area contributed by atoms with Gasteiger partial charge < -0.3 is 25.4 Å². The molecule has 7 atom stereocenters. The molecule has 1 aromatic heterocycles. The summed E-state index contributed by atoms with van der Waals surface area (Å²) in [7, 11) is 3.76. The third-order valence-electron chi connectivity index (χ3n) is 10.2. The lowest BCUT2D eigenvalue weighted by Crippen LogP contribution is -2.58. The minimum Gasteiger partial charge on any atom is -0.481 e. The number of hydrogen-bond acceptors (Lipinski definition) is 8. The van der Waals surface area contributed by atoms with Crippen LogP contribution in [0.5, 0.6) is 0 Å². The Bertz CT molecular complexity index is 1480. The van der Waals surface area contributed by atoms with Gasteiger partial charge in [0.15, 0.2) is 0 Å². The molecule has 12 heteroatoms. The van der Waals surface area contributed by atoms with Crippen LogP contribution in [0, 0.1) is 17.8 Å². The van der Waals surface area contributed by atoms with Crippen molar-refractivity contribution >= 4 is 35.0 Å². The van der Waals surface area contributed by atoms with Crippen LogP contribution in [0.2, 0.25) is 0 Å². The van der Waals surface area contributed by atoms with E-state index in [4.69, 9.17) is 9.72 Å². The Morgan fingerprint density at radius 3 is 2.38 bits per heavy atom. The fourth-order valence-corrected chi connectivity index (χ4v) is 7.58. The zero-order valence-corrected chi connectivity index (χ0v) is 33.2. The summed E-state index contributed by atoms with van der Waals surface area (Å²) in [4.78, 5) is 61.5. The molecule has 3 N–H and O–H groups in total. The van der Waals surface area contributed by atoms with E-state index in [1.54, 1.807) is 24.3 Å². The molecule has 1 fully saturated rings. The van der Waals surface area contributed by atoms with E-state index in [0.29, 0.717) is 17.8 Å². The standard InChI is InChI=1S/C40H61N5O6S/c1-10-27(6)35(43-37(47)32-18-14-15-19-44(32)8)39(48)45(9)33(26(4)5)22-34(51-23-25(2)3)38-42-31(24-52-38)36(46)41-30(20-28(7)40(49)50)21-29-16-12-11-13-17-29/h11-13,16-17,24,26-28,30,32-35H,2,10,14-15,18-23H2,1,3-9H3,(H,41,46)(H,43,47)(H,49,50)/t27-,28?,30?,32?,33+,34+,35-/m0/s1. The monoisotopic (exact) mass is 739 g/mol. The minimum atomic E-state index is -0.918. The van der Waals surface area contributed by atoms with Crippen molar-refractivity contribution in [2.75, 3.05) is 27.2 Å². The van der Waals surface area contributed by atoms with Crippen molar-refractivity contribution in [1.29, 1.82) is 0 Å². The Labute approximate surface area is 314 Å². The number of hydrogen-bond donors (Lipinski definition) is 3. The van der Waals surface area contributed by atoms with E-state index in [1.807, 2.05) is 58.2 Å². The largest absolute Gasteiger partial charge is 0.481 e. The maximum Gasteiger partial charge on any atom is 0.306 e. The van der Waals surface area contributed by atoms with Crippen LogP contribution in [-0.4, -0.2) is 95.0 Å². The van der Waals surface area contributed by atoms with Crippen molar-refractivity contribution in [2.24, 2.45) is 17.8 Å². The van der Waals surface area contributed by atoms with Gasteiger partial charge in [-0.05, 0) is 63.6 Å². The molecule has 52 heavy (non-hydrogen) atoms. The Morgan fingerprint density at radius 2 is 1.79 bits per heavy atom. The van der Waals surface area contributed by atoms with Gasteiger partial charge in [0.05, 0.1) is 18.6 Å². The molecule has 288 valence electrons. The highest BCUT2D eigenvalue weighted by molar-refractivity contribution is 7.09. The second-order valence-corrected chi connectivity index (χ2v) is 15.9. The molecular formula is C40H61N5O6S. The van der Waals surface area contributed by atoms with Gasteiger partial charge >= 0.3 is 5.97 Å². The molecule has 3 amide bonds. The average Bonchev–Trinajstić information content (AvgIpc) is 3.60. The fourth-order valence-electron chi connectivity index (χ4n) is 6.72. The number of carbonyl (C=O) groups excluding carboxylic acids is 3. The minimum absolute atomic E-state index is 0.0420. The molecule has 2 aromatic rings. The van der Waals surface area contributed by atoms with Crippen LogP contribution in [0.15, 0.2) is 47.9 Å². The molecule has 3 unspecified atom stereocenters.